The lowest BCUT2D eigenvalue weighted by atomic mass is 9.96. The molecule has 1 aromatic carbocycles. The molecule has 7 heteroatoms. The van der Waals surface area contributed by atoms with Crippen LogP contribution in [0.3, 0.4) is 0 Å². The third-order valence-corrected chi connectivity index (χ3v) is 2.68. The van der Waals surface area contributed by atoms with E-state index in [9.17, 15) is 22.0 Å². The summed E-state index contributed by atoms with van der Waals surface area (Å²) in [7, 11) is 0. The van der Waals surface area contributed by atoms with Crippen molar-refractivity contribution >= 4 is 11.6 Å². The SMILES string of the molecule is Cc1cccc(Cl)c1[C@H](N)C(F)(F)C(F)(F)F. The zero-order valence-corrected chi connectivity index (χ0v) is 9.41. The highest BCUT2D eigenvalue weighted by atomic mass is 35.5. The Hall–Kier alpha value is -0.880. The number of hydrogen-bond donors (Lipinski definition) is 1. The molecule has 0 radical (unpaired) electrons. The minimum Gasteiger partial charge on any atom is -0.319 e. The van der Waals surface area contributed by atoms with Gasteiger partial charge in [0.05, 0.1) is 0 Å². The van der Waals surface area contributed by atoms with Crippen molar-refractivity contribution in [3.63, 3.8) is 0 Å². The summed E-state index contributed by atoms with van der Waals surface area (Å²) in [4.78, 5) is 0. The van der Waals surface area contributed by atoms with Crippen LogP contribution in [0, 0.1) is 6.92 Å². The highest BCUT2D eigenvalue weighted by molar-refractivity contribution is 6.31. The summed E-state index contributed by atoms with van der Waals surface area (Å²) < 4.78 is 62.6. The second kappa shape index (κ2) is 4.42. The van der Waals surface area contributed by atoms with Crippen molar-refractivity contribution < 1.29 is 22.0 Å². The molecule has 1 aromatic rings. The van der Waals surface area contributed by atoms with E-state index in [1.54, 1.807) is 0 Å². The lowest BCUT2D eigenvalue weighted by Gasteiger charge is -2.27. The molecule has 1 atom stereocenters. The van der Waals surface area contributed by atoms with E-state index in [1.807, 2.05) is 0 Å². The number of rotatable bonds is 2. The molecule has 0 aliphatic rings. The lowest BCUT2D eigenvalue weighted by Crippen LogP contribution is -2.46. The summed E-state index contributed by atoms with van der Waals surface area (Å²) >= 11 is 5.60. The number of aryl methyl sites for hydroxylation is 1. The summed E-state index contributed by atoms with van der Waals surface area (Å²) in [5.74, 6) is -5.03. The van der Waals surface area contributed by atoms with Gasteiger partial charge in [0.25, 0.3) is 0 Å². The largest absolute Gasteiger partial charge is 0.455 e. The van der Waals surface area contributed by atoms with Gasteiger partial charge in [0.15, 0.2) is 0 Å². The predicted octanol–water partition coefficient (Wildman–Crippen LogP) is 3.85. The molecule has 0 aromatic heterocycles. The van der Waals surface area contributed by atoms with Crippen LogP contribution >= 0.6 is 11.6 Å². The zero-order chi connectivity index (χ0) is 13.4. The molecular weight excluding hydrogens is 265 g/mol. The molecule has 96 valence electrons. The number of nitrogens with two attached hydrogens (primary N) is 1. The molecule has 1 nitrogen and oxygen atoms in total. The average Bonchev–Trinajstić information content (AvgIpc) is 2.15. The first-order valence-electron chi connectivity index (χ1n) is 4.54. The maximum Gasteiger partial charge on any atom is 0.455 e. The second-order valence-corrected chi connectivity index (χ2v) is 3.98. The maximum atomic E-state index is 13.1. The summed E-state index contributed by atoms with van der Waals surface area (Å²) in [5.41, 5.74) is 4.80. The Bertz CT molecular complexity index is 395. The molecule has 0 aliphatic heterocycles. The van der Waals surface area contributed by atoms with Crippen LogP contribution in [-0.4, -0.2) is 12.1 Å². The van der Waals surface area contributed by atoms with Crippen molar-refractivity contribution in [3.8, 4) is 0 Å². The first kappa shape index (κ1) is 14.2. The van der Waals surface area contributed by atoms with Gasteiger partial charge in [0, 0.05) is 5.02 Å². The fourth-order valence-corrected chi connectivity index (χ4v) is 1.74. The van der Waals surface area contributed by atoms with E-state index in [2.05, 4.69) is 0 Å². The third-order valence-electron chi connectivity index (χ3n) is 2.35. The van der Waals surface area contributed by atoms with Crippen LogP contribution in [0.5, 0.6) is 0 Å². The molecule has 0 fully saturated rings. The van der Waals surface area contributed by atoms with E-state index in [4.69, 9.17) is 17.3 Å². The van der Waals surface area contributed by atoms with E-state index in [1.165, 1.54) is 25.1 Å². The number of hydrogen-bond acceptors (Lipinski definition) is 1. The fourth-order valence-electron chi connectivity index (χ4n) is 1.40. The Morgan fingerprint density at radius 3 is 2.12 bits per heavy atom. The molecule has 0 heterocycles. The third kappa shape index (κ3) is 2.52. The zero-order valence-electron chi connectivity index (χ0n) is 8.65. The minimum absolute atomic E-state index is 0.189. The quantitative estimate of drug-likeness (QED) is 0.814. The lowest BCUT2D eigenvalue weighted by molar-refractivity contribution is -0.291. The first-order chi connectivity index (χ1) is 7.59. The van der Waals surface area contributed by atoms with Gasteiger partial charge in [-0.3, -0.25) is 0 Å². The molecule has 0 bridgehead atoms. The number of benzene rings is 1. The molecule has 2 N–H and O–H groups in total. The monoisotopic (exact) mass is 273 g/mol. The maximum absolute atomic E-state index is 13.1. The molecule has 17 heavy (non-hydrogen) atoms. The van der Waals surface area contributed by atoms with E-state index in [0.717, 1.165) is 0 Å². The molecule has 0 unspecified atom stereocenters. The summed E-state index contributed by atoms with van der Waals surface area (Å²) in [6, 6.07) is 1.51. The number of halogens is 6. The van der Waals surface area contributed by atoms with Gasteiger partial charge in [0.2, 0.25) is 0 Å². The average molecular weight is 274 g/mol. The Labute approximate surface area is 99.4 Å². The van der Waals surface area contributed by atoms with Crippen LogP contribution in [0.2, 0.25) is 5.02 Å². The van der Waals surface area contributed by atoms with Crippen molar-refractivity contribution in [1.82, 2.24) is 0 Å². The van der Waals surface area contributed by atoms with Crippen molar-refractivity contribution in [2.45, 2.75) is 25.1 Å². The first-order valence-corrected chi connectivity index (χ1v) is 4.92. The highest BCUT2D eigenvalue weighted by Gasteiger charge is 2.62. The Balaban J connectivity index is 3.26. The van der Waals surface area contributed by atoms with Crippen molar-refractivity contribution in [3.05, 3.63) is 34.3 Å². The standard InChI is InChI=1S/C10H9ClF5N/c1-5-3-2-4-6(11)7(5)8(17)9(12,13)10(14,15)16/h2-4,8H,17H2,1H3/t8-/m0/s1. The smallest absolute Gasteiger partial charge is 0.319 e. The van der Waals surface area contributed by atoms with Gasteiger partial charge >= 0.3 is 12.1 Å². The summed E-state index contributed by atoms with van der Waals surface area (Å²) in [6.45, 7) is 1.37. The Kier molecular flexibility index (Phi) is 3.69. The minimum atomic E-state index is -5.71. The molecule has 0 spiro atoms. The van der Waals surface area contributed by atoms with Crippen molar-refractivity contribution in [2.75, 3.05) is 0 Å². The predicted molar refractivity (Wildman–Crippen MR) is 54.1 cm³/mol. The van der Waals surface area contributed by atoms with Crippen LogP contribution in [0.1, 0.15) is 17.2 Å². The molecule has 0 saturated carbocycles. The van der Waals surface area contributed by atoms with Crippen LogP contribution in [0.25, 0.3) is 0 Å². The normalized spacial score (nSPS) is 14.8. The highest BCUT2D eigenvalue weighted by Crippen LogP contribution is 2.45. The van der Waals surface area contributed by atoms with Gasteiger partial charge in [-0.2, -0.15) is 22.0 Å². The molecule has 0 amide bonds. The van der Waals surface area contributed by atoms with Gasteiger partial charge in [-0.05, 0) is 24.1 Å². The second-order valence-electron chi connectivity index (χ2n) is 3.57. The Morgan fingerprint density at radius 1 is 1.18 bits per heavy atom. The van der Waals surface area contributed by atoms with Crippen molar-refractivity contribution in [1.29, 1.82) is 0 Å². The van der Waals surface area contributed by atoms with Gasteiger partial charge in [-0.25, -0.2) is 0 Å². The molecular formula is C10H9ClF5N. The van der Waals surface area contributed by atoms with Gasteiger partial charge < -0.3 is 5.73 Å². The molecule has 0 aliphatic carbocycles. The van der Waals surface area contributed by atoms with E-state index >= 15 is 0 Å². The van der Waals surface area contributed by atoms with Crippen molar-refractivity contribution in [2.24, 2.45) is 5.73 Å². The van der Waals surface area contributed by atoms with E-state index < -0.39 is 23.7 Å². The van der Waals surface area contributed by atoms with Crippen LogP contribution in [0.4, 0.5) is 22.0 Å². The molecule has 0 saturated heterocycles. The summed E-state index contributed by atoms with van der Waals surface area (Å²) in [5, 5.41) is -0.207. The van der Waals surface area contributed by atoms with E-state index in [0.29, 0.717) is 0 Å². The van der Waals surface area contributed by atoms with Crippen LogP contribution < -0.4 is 5.73 Å². The number of alkyl halides is 5. The van der Waals surface area contributed by atoms with Crippen LogP contribution in [0.15, 0.2) is 18.2 Å². The Morgan fingerprint density at radius 2 is 1.71 bits per heavy atom. The van der Waals surface area contributed by atoms with Crippen LogP contribution in [-0.2, 0) is 0 Å². The van der Waals surface area contributed by atoms with Gasteiger partial charge in [0.1, 0.15) is 6.04 Å². The topological polar surface area (TPSA) is 26.0 Å². The summed E-state index contributed by atoms with van der Waals surface area (Å²) in [6.07, 6.45) is -5.71. The van der Waals surface area contributed by atoms with Gasteiger partial charge in [-0.1, -0.05) is 23.7 Å². The fraction of sp³-hybridized carbons (Fsp3) is 0.400. The van der Waals surface area contributed by atoms with Gasteiger partial charge in [-0.15, -0.1) is 0 Å². The molecule has 1 rings (SSSR count). The van der Waals surface area contributed by atoms with E-state index in [-0.39, 0.29) is 10.6 Å².